The van der Waals surface area contributed by atoms with Crippen molar-refractivity contribution >= 4 is 29.2 Å². The van der Waals surface area contributed by atoms with Gasteiger partial charge in [0, 0.05) is 36.2 Å². The summed E-state index contributed by atoms with van der Waals surface area (Å²) >= 11 is 0. The molecule has 0 aliphatic carbocycles. The van der Waals surface area contributed by atoms with Crippen molar-refractivity contribution in [2.75, 3.05) is 28.6 Å². The summed E-state index contributed by atoms with van der Waals surface area (Å²) in [6.45, 7) is 7.13. The third-order valence-corrected chi connectivity index (χ3v) is 6.71. The molecule has 198 valence electrons. The molecule has 0 saturated carbocycles. The molecule has 0 radical (unpaired) electrons. The van der Waals surface area contributed by atoms with E-state index in [1.54, 1.807) is 12.1 Å². The maximum absolute atomic E-state index is 12.6. The summed E-state index contributed by atoms with van der Waals surface area (Å²) in [6.07, 6.45) is 1.80. The summed E-state index contributed by atoms with van der Waals surface area (Å²) in [5.41, 5.74) is 1.96. The van der Waals surface area contributed by atoms with Gasteiger partial charge in [-0.3, -0.25) is 0 Å². The Labute approximate surface area is 223 Å². The van der Waals surface area contributed by atoms with Crippen LogP contribution in [0.3, 0.4) is 0 Å². The fraction of sp³-hybridized carbons (Fsp3) is 0.333. The van der Waals surface area contributed by atoms with Gasteiger partial charge in [0.2, 0.25) is 0 Å². The van der Waals surface area contributed by atoms with Gasteiger partial charge in [0.1, 0.15) is 17.1 Å². The molecule has 2 N–H and O–H groups in total. The third-order valence-electron chi connectivity index (χ3n) is 6.71. The Hall–Kier alpha value is -4.20. The molecule has 0 spiro atoms. The van der Waals surface area contributed by atoms with E-state index in [-0.39, 0.29) is 24.2 Å². The molecular formula is C30H34N4O4. The molecular weight excluding hydrogens is 480 g/mol. The first-order chi connectivity index (χ1) is 18.2. The second-order valence-corrected chi connectivity index (χ2v) is 10.7. The van der Waals surface area contributed by atoms with E-state index in [1.165, 1.54) is 0 Å². The monoisotopic (exact) mass is 514 g/mol. The van der Waals surface area contributed by atoms with Gasteiger partial charge in [0.05, 0.1) is 6.04 Å². The van der Waals surface area contributed by atoms with Crippen molar-refractivity contribution in [1.29, 1.82) is 0 Å². The van der Waals surface area contributed by atoms with Crippen molar-refractivity contribution in [3.05, 3.63) is 78.9 Å². The number of amides is 3. The molecule has 2 atom stereocenters. The standard InChI is InChI=1S/C30H34N4O4/c1-30(2,3)38-29(36)34-20-24-15-16-25(34)19-33(24)23-13-9-21(10-14-23)31-28(35)32-22-11-17-27(18-12-22)37-26-7-5-4-6-8-26/h4-14,17-18,24-25H,15-16,19-20H2,1-3H3,(H2,31,32,35)/t24-,25-/m0/s1. The molecule has 6 rings (SSSR count). The number of ether oxygens (including phenoxy) is 2. The van der Waals surface area contributed by atoms with E-state index in [1.807, 2.05) is 92.4 Å². The number of carbonyl (C=O) groups is 2. The van der Waals surface area contributed by atoms with Crippen molar-refractivity contribution in [1.82, 2.24) is 4.90 Å². The zero-order valence-corrected chi connectivity index (χ0v) is 22.0. The van der Waals surface area contributed by atoms with Crippen LogP contribution in [-0.2, 0) is 4.74 Å². The number of para-hydroxylation sites is 1. The van der Waals surface area contributed by atoms with E-state index in [0.717, 1.165) is 30.8 Å². The first-order valence-corrected chi connectivity index (χ1v) is 13.0. The summed E-state index contributed by atoms with van der Waals surface area (Å²) in [5, 5.41) is 5.73. The van der Waals surface area contributed by atoms with Crippen LogP contribution in [-0.4, -0.2) is 47.8 Å². The highest BCUT2D eigenvalue weighted by Crippen LogP contribution is 2.34. The minimum atomic E-state index is -0.497. The largest absolute Gasteiger partial charge is 0.457 e. The molecule has 3 aliphatic rings. The number of carbonyl (C=O) groups excluding carboxylic acids is 2. The van der Waals surface area contributed by atoms with E-state index in [9.17, 15) is 9.59 Å². The average Bonchev–Trinajstić information content (AvgIpc) is 2.90. The summed E-state index contributed by atoms with van der Waals surface area (Å²) in [7, 11) is 0. The first-order valence-electron chi connectivity index (χ1n) is 13.0. The van der Waals surface area contributed by atoms with Gasteiger partial charge in [-0.1, -0.05) is 18.2 Å². The van der Waals surface area contributed by atoms with Crippen molar-refractivity contribution in [3.8, 4) is 11.5 Å². The van der Waals surface area contributed by atoms with Crippen LogP contribution in [0.5, 0.6) is 11.5 Å². The van der Waals surface area contributed by atoms with E-state index < -0.39 is 5.60 Å². The number of hydrogen-bond acceptors (Lipinski definition) is 5. The Bertz CT molecular complexity index is 1260. The predicted molar refractivity (Wildman–Crippen MR) is 149 cm³/mol. The van der Waals surface area contributed by atoms with Crippen molar-refractivity contribution in [2.45, 2.75) is 51.3 Å². The lowest BCUT2D eigenvalue weighted by Crippen LogP contribution is -2.64. The van der Waals surface area contributed by atoms with E-state index in [0.29, 0.717) is 23.7 Å². The summed E-state index contributed by atoms with van der Waals surface area (Å²) in [4.78, 5) is 29.4. The second kappa shape index (κ2) is 10.7. The highest BCUT2D eigenvalue weighted by molar-refractivity contribution is 5.99. The highest BCUT2D eigenvalue weighted by Gasteiger charge is 2.42. The molecule has 3 aliphatic heterocycles. The molecule has 0 unspecified atom stereocenters. The molecule has 3 aromatic rings. The predicted octanol–water partition coefficient (Wildman–Crippen LogP) is 6.71. The zero-order chi connectivity index (χ0) is 26.7. The van der Waals surface area contributed by atoms with Gasteiger partial charge in [-0.15, -0.1) is 0 Å². The second-order valence-electron chi connectivity index (χ2n) is 10.7. The van der Waals surface area contributed by atoms with Crippen LogP contribution in [0.15, 0.2) is 78.9 Å². The number of urea groups is 1. The number of nitrogens with zero attached hydrogens (tertiary/aromatic N) is 2. The fourth-order valence-electron chi connectivity index (χ4n) is 4.95. The number of piperazine rings is 1. The number of nitrogens with one attached hydrogen (secondary N) is 2. The van der Waals surface area contributed by atoms with E-state index >= 15 is 0 Å². The highest BCUT2D eigenvalue weighted by atomic mass is 16.6. The Morgan fingerprint density at radius 1 is 0.763 bits per heavy atom. The SMILES string of the molecule is CC(C)(C)OC(=O)N1C[C@@H]2CC[C@H]1CN2c1ccc(NC(=O)Nc2ccc(Oc3ccccc3)cc2)cc1. The van der Waals surface area contributed by atoms with Gasteiger partial charge in [-0.05, 0) is 94.3 Å². The molecule has 3 amide bonds. The van der Waals surface area contributed by atoms with Crippen LogP contribution in [0, 0.1) is 0 Å². The molecule has 38 heavy (non-hydrogen) atoms. The van der Waals surface area contributed by atoms with Gasteiger partial charge in [-0.25, -0.2) is 9.59 Å². The topological polar surface area (TPSA) is 83.1 Å². The Morgan fingerprint density at radius 3 is 1.92 bits per heavy atom. The lowest BCUT2D eigenvalue weighted by molar-refractivity contribution is 0.000883. The first kappa shape index (κ1) is 25.4. The van der Waals surface area contributed by atoms with Crippen molar-refractivity contribution in [2.24, 2.45) is 0 Å². The Morgan fingerprint density at radius 2 is 1.34 bits per heavy atom. The van der Waals surface area contributed by atoms with Crippen LogP contribution >= 0.6 is 0 Å². The van der Waals surface area contributed by atoms with Gasteiger partial charge >= 0.3 is 12.1 Å². The Balaban J connectivity index is 1.13. The molecule has 0 aromatic heterocycles. The molecule has 8 nitrogen and oxygen atoms in total. The minimum absolute atomic E-state index is 0.142. The average molecular weight is 515 g/mol. The van der Waals surface area contributed by atoms with Crippen LogP contribution in [0.1, 0.15) is 33.6 Å². The summed E-state index contributed by atoms with van der Waals surface area (Å²) in [6, 6.07) is 24.7. The number of piperidine rings is 2. The van der Waals surface area contributed by atoms with Crippen molar-refractivity contribution in [3.63, 3.8) is 0 Å². The minimum Gasteiger partial charge on any atom is -0.457 e. The number of anilines is 3. The molecule has 3 saturated heterocycles. The lowest BCUT2D eigenvalue weighted by atomic mass is 9.90. The number of rotatable bonds is 5. The van der Waals surface area contributed by atoms with Crippen LogP contribution in [0.25, 0.3) is 0 Å². The van der Waals surface area contributed by atoms with Crippen LogP contribution in [0.2, 0.25) is 0 Å². The van der Waals surface area contributed by atoms with Gasteiger partial charge in [0.25, 0.3) is 0 Å². The van der Waals surface area contributed by atoms with Gasteiger partial charge in [0.15, 0.2) is 0 Å². The maximum atomic E-state index is 12.6. The zero-order valence-electron chi connectivity index (χ0n) is 22.0. The fourth-order valence-corrected chi connectivity index (χ4v) is 4.95. The lowest BCUT2D eigenvalue weighted by Gasteiger charge is -2.52. The smallest absolute Gasteiger partial charge is 0.410 e. The van der Waals surface area contributed by atoms with Gasteiger partial charge in [-0.2, -0.15) is 0 Å². The summed E-state index contributed by atoms with van der Waals surface area (Å²) < 4.78 is 11.4. The van der Waals surface area contributed by atoms with E-state index in [2.05, 4.69) is 15.5 Å². The normalized spacial score (nSPS) is 18.6. The molecule has 2 bridgehead atoms. The number of benzene rings is 3. The molecule has 3 heterocycles. The quantitative estimate of drug-likeness (QED) is 0.395. The van der Waals surface area contributed by atoms with Crippen molar-refractivity contribution < 1.29 is 19.1 Å². The molecule has 3 aromatic carbocycles. The molecule has 3 fully saturated rings. The molecule has 8 heteroatoms. The van der Waals surface area contributed by atoms with Gasteiger partial charge < -0.3 is 29.9 Å². The summed E-state index contributed by atoms with van der Waals surface area (Å²) in [5.74, 6) is 1.45. The number of fused-ring (bicyclic) bond motifs is 3. The Kier molecular flexibility index (Phi) is 7.13. The maximum Gasteiger partial charge on any atom is 0.410 e. The van der Waals surface area contributed by atoms with E-state index in [4.69, 9.17) is 9.47 Å². The van der Waals surface area contributed by atoms with Crippen LogP contribution < -0.4 is 20.3 Å². The third kappa shape index (κ3) is 6.19. The van der Waals surface area contributed by atoms with Crippen LogP contribution in [0.4, 0.5) is 26.7 Å². The number of hydrogen-bond donors (Lipinski definition) is 2.